The van der Waals surface area contributed by atoms with Crippen LogP contribution in [0.5, 0.6) is 0 Å². The molecule has 0 amide bonds. The number of hydrogen-bond donors (Lipinski definition) is 0. The minimum absolute atomic E-state index is 0.536. The van der Waals surface area contributed by atoms with Gasteiger partial charge in [0.15, 0.2) is 0 Å². The van der Waals surface area contributed by atoms with Gasteiger partial charge in [-0.3, -0.25) is 0 Å². The van der Waals surface area contributed by atoms with Crippen LogP contribution in [0.4, 0.5) is 13.2 Å². The van der Waals surface area contributed by atoms with Crippen LogP contribution < -0.4 is 0 Å². The lowest BCUT2D eigenvalue weighted by Gasteiger charge is -2.32. The standard InChI is InChI=1S/C24H29F3/c1-3-4-18-5-7-19(8-6-18)17(2)20-9-11-21(12-10-20)22-13-15-23(16-14-22)24(25,26)27/h9-19H,3-8H2,1-2H3. The molecule has 1 saturated carbocycles. The molecule has 2 aromatic carbocycles. The van der Waals surface area contributed by atoms with Gasteiger partial charge in [-0.15, -0.1) is 0 Å². The van der Waals surface area contributed by atoms with Crippen molar-refractivity contribution in [1.29, 1.82) is 0 Å². The molecule has 0 radical (unpaired) electrons. The highest BCUT2D eigenvalue weighted by Crippen LogP contribution is 2.39. The Hall–Kier alpha value is -1.77. The number of hydrogen-bond acceptors (Lipinski definition) is 0. The fourth-order valence-corrected chi connectivity index (χ4v) is 4.49. The average Bonchev–Trinajstić information content (AvgIpc) is 2.68. The molecule has 0 spiro atoms. The quantitative estimate of drug-likeness (QED) is 0.496. The minimum atomic E-state index is -4.28. The molecule has 1 unspecified atom stereocenters. The monoisotopic (exact) mass is 374 g/mol. The molecule has 1 atom stereocenters. The van der Waals surface area contributed by atoms with Gasteiger partial charge in [0.05, 0.1) is 5.56 Å². The second kappa shape index (κ2) is 8.50. The van der Waals surface area contributed by atoms with Crippen molar-refractivity contribution < 1.29 is 13.2 Å². The number of halogens is 3. The predicted molar refractivity (Wildman–Crippen MR) is 106 cm³/mol. The molecular formula is C24H29F3. The summed E-state index contributed by atoms with van der Waals surface area (Å²) in [6.07, 6.45) is 3.70. The summed E-state index contributed by atoms with van der Waals surface area (Å²) in [5.41, 5.74) is 2.52. The van der Waals surface area contributed by atoms with Crippen LogP contribution in [0.25, 0.3) is 11.1 Å². The Kier molecular flexibility index (Phi) is 6.29. The van der Waals surface area contributed by atoms with E-state index in [1.165, 1.54) is 44.1 Å². The fourth-order valence-electron chi connectivity index (χ4n) is 4.49. The lowest BCUT2D eigenvalue weighted by molar-refractivity contribution is -0.137. The zero-order valence-electron chi connectivity index (χ0n) is 16.2. The molecule has 1 aliphatic carbocycles. The van der Waals surface area contributed by atoms with Crippen LogP contribution in [0.15, 0.2) is 48.5 Å². The molecule has 0 saturated heterocycles. The highest BCUT2D eigenvalue weighted by atomic mass is 19.4. The van der Waals surface area contributed by atoms with Crippen LogP contribution in [0.2, 0.25) is 0 Å². The zero-order chi connectivity index (χ0) is 19.4. The van der Waals surface area contributed by atoms with Crippen LogP contribution in [-0.4, -0.2) is 0 Å². The van der Waals surface area contributed by atoms with Crippen molar-refractivity contribution in [3.63, 3.8) is 0 Å². The smallest absolute Gasteiger partial charge is 0.166 e. The first-order valence-corrected chi connectivity index (χ1v) is 10.2. The van der Waals surface area contributed by atoms with E-state index in [1.807, 2.05) is 12.1 Å². The van der Waals surface area contributed by atoms with Gasteiger partial charge < -0.3 is 0 Å². The first-order chi connectivity index (χ1) is 12.9. The topological polar surface area (TPSA) is 0 Å². The van der Waals surface area contributed by atoms with Crippen molar-refractivity contribution in [3.05, 3.63) is 59.7 Å². The van der Waals surface area contributed by atoms with Gasteiger partial charge in [-0.25, -0.2) is 0 Å². The van der Waals surface area contributed by atoms with Crippen LogP contribution >= 0.6 is 0 Å². The molecule has 0 N–H and O–H groups in total. The fraction of sp³-hybridized carbons (Fsp3) is 0.500. The molecule has 1 fully saturated rings. The Morgan fingerprint density at radius 2 is 1.37 bits per heavy atom. The normalized spacial score (nSPS) is 21.8. The van der Waals surface area contributed by atoms with Gasteiger partial charge in [0, 0.05) is 0 Å². The van der Waals surface area contributed by atoms with E-state index in [1.54, 1.807) is 12.1 Å². The maximum atomic E-state index is 12.7. The van der Waals surface area contributed by atoms with E-state index in [0.29, 0.717) is 5.92 Å². The largest absolute Gasteiger partial charge is 0.416 e. The van der Waals surface area contributed by atoms with Gasteiger partial charge in [0.2, 0.25) is 0 Å². The Morgan fingerprint density at radius 1 is 0.852 bits per heavy atom. The summed E-state index contributed by atoms with van der Waals surface area (Å²) in [5, 5.41) is 0. The summed E-state index contributed by atoms with van der Waals surface area (Å²) >= 11 is 0. The third-order valence-corrected chi connectivity index (χ3v) is 6.28. The van der Waals surface area contributed by atoms with E-state index in [0.717, 1.165) is 35.1 Å². The molecule has 27 heavy (non-hydrogen) atoms. The molecule has 0 bridgehead atoms. The molecule has 0 nitrogen and oxygen atoms in total. The minimum Gasteiger partial charge on any atom is -0.166 e. The lowest BCUT2D eigenvalue weighted by atomic mass is 9.73. The summed E-state index contributed by atoms with van der Waals surface area (Å²) in [7, 11) is 0. The van der Waals surface area contributed by atoms with E-state index < -0.39 is 11.7 Å². The summed E-state index contributed by atoms with van der Waals surface area (Å²) in [6, 6.07) is 13.8. The third-order valence-electron chi connectivity index (χ3n) is 6.28. The highest BCUT2D eigenvalue weighted by Gasteiger charge is 2.30. The van der Waals surface area contributed by atoms with Crippen LogP contribution in [-0.2, 0) is 6.18 Å². The highest BCUT2D eigenvalue weighted by molar-refractivity contribution is 5.64. The van der Waals surface area contributed by atoms with Crippen LogP contribution in [0.3, 0.4) is 0 Å². The van der Waals surface area contributed by atoms with Crippen molar-refractivity contribution in [2.75, 3.05) is 0 Å². The summed E-state index contributed by atoms with van der Waals surface area (Å²) in [4.78, 5) is 0. The van der Waals surface area contributed by atoms with Gasteiger partial charge >= 0.3 is 6.18 Å². The third kappa shape index (κ3) is 4.94. The maximum absolute atomic E-state index is 12.7. The molecular weight excluding hydrogens is 345 g/mol. The molecule has 0 aromatic heterocycles. The number of benzene rings is 2. The number of rotatable bonds is 5. The first-order valence-electron chi connectivity index (χ1n) is 10.2. The lowest BCUT2D eigenvalue weighted by Crippen LogP contribution is -2.19. The van der Waals surface area contributed by atoms with E-state index in [9.17, 15) is 13.2 Å². The Labute approximate surface area is 160 Å². The van der Waals surface area contributed by atoms with Crippen molar-refractivity contribution in [1.82, 2.24) is 0 Å². The van der Waals surface area contributed by atoms with Crippen molar-refractivity contribution in [3.8, 4) is 11.1 Å². The van der Waals surface area contributed by atoms with Crippen LogP contribution in [0, 0.1) is 11.8 Å². The molecule has 0 aliphatic heterocycles. The second-order valence-corrected chi connectivity index (χ2v) is 8.06. The SMILES string of the molecule is CCCC1CCC(C(C)c2ccc(-c3ccc(C(F)(F)F)cc3)cc2)CC1. The number of alkyl halides is 3. The van der Waals surface area contributed by atoms with Gasteiger partial charge in [-0.2, -0.15) is 13.2 Å². The van der Waals surface area contributed by atoms with E-state index >= 15 is 0 Å². The van der Waals surface area contributed by atoms with Gasteiger partial charge in [0.25, 0.3) is 0 Å². The Bertz CT molecular complexity index is 705. The molecule has 3 rings (SSSR count). The van der Waals surface area contributed by atoms with Gasteiger partial charge in [-0.1, -0.05) is 75.9 Å². The second-order valence-electron chi connectivity index (χ2n) is 8.06. The van der Waals surface area contributed by atoms with Gasteiger partial charge in [-0.05, 0) is 59.4 Å². The molecule has 2 aromatic rings. The Morgan fingerprint density at radius 3 is 1.85 bits per heavy atom. The van der Waals surface area contributed by atoms with Crippen molar-refractivity contribution >= 4 is 0 Å². The summed E-state index contributed by atoms with van der Waals surface area (Å²) in [6.45, 7) is 4.59. The summed E-state index contributed by atoms with van der Waals surface area (Å²) in [5.74, 6) is 2.20. The van der Waals surface area contributed by atoms with E-state index in [-0.39, 0.29) is 0 Å². The van der Waals surface area contributed by atoms with Crippen molar-refractivity contribution in [2.45, 2.75) is 64.5 Å². The maximum Gasteiger partial charge on any atom is 0.416 e. The molecule has 1 aliphatic rings. The van der Waals surface area contributed by atoms with Gasteiger partial charge in [0.1, 0.15) is 0 Å². The molecule has 0 heterocycles. The van der Waals surface area contributed by atoms with E-state index in [4.69, 9.17) is 0 Å². The zero-order valence-corrected chi connectivity index (χ0v) is 16.2. The summed E-state index contributed by atoms with van der Waals surface area (Å²) < 4.78 is 38.1. The predicted octanol–water partition coefficient (Wildman–Crippen LogP) is 8.08. The first kappa shape index (κ1) is 20.0. The molecule has 3 heteroatoms. The van der Waals surface area contributed by atoms with Crippen molar-refractivity contribution in [2.24, 2.45) is 11.8 Å². The van der Waals surface area contributed by atoms with Crippen LogP contribution in [0.1, 0.15) is 69.4 Å². The molecule has 146 valence electrons. The van der Waals surface area contributed by atoms with E-state index in [2.05, 4.69) is 26.0 Å². The average molecular weight is 374 g/mol. The Balaban J connectivity index is 1.65.